The average molecular weight is 306 g/mol. The van der Waals surface area contributed by atoms with Gasteiger partial charge in [-0.1, -0.05) is 18.5 Å². The Morgan fingerprint density at radius 1 is 1.29 bits per heavy atom. The summed E-state index contributed by atoms with van der Waals surface area (Å²) in [6.45, 7) is 4.99. The van der Waals surface area contributed by atoms with Crippen LogP contribution in [0.2, 0.25) is 5.02 Å². The highest BCUT2D eigenvalue weighted by Crippen LogP contribution is 2.33. The van der Waals surface area contributed by atoms with Crippen molar-refractivity contribution in [2.24, 2.45) is 0 Å². The van der Waals surface area contributed by atoms with Gasteiger partial charge in [-0.25, -0.2) is 4.98 Å². The van der Waals surface area contributed by atoms with Crippen LogP contribution >= 0.6 is 11.6 Å². The standard InChI is InChI=1S/C16H20ClN3O/c1-4-6-18-16-9-12(5-7-19-16)20-14-8-11(2)13(17)10-15(14)21-3/h5,7-10H,4,6H2,1-3H3,(H2,18,19,20). The Hall–Kier alpha value is -1.94. The summed E-state index contributed by atoms with van der Waals surface area (Å²) in [7, 11) is 1.63. The number of hydrogen-bond donors (Lipinski definition) is 2. The Morgan fingerprint density at radius 3 is 2.81 bits per heavy atom. The Kier molecular flexibility index (Phi) is 5.28. The normalized spacial score (nSPS) is 10.3. The van der Waals surface area contributed by atoms with Crippen molar-refractivity contribution < 1.29 is 4.74 Å². The minimum Gasteiger partial charge on any atom is -0.495 e. The van der Waals surface area contributed by atoms with E-state index in [4.69, 9.17) is 16.3 Å². The molecule has 0 spiro atoms. The maximum Gasteiger partial charge on any atom is 0.143 e. The van der Waals surface area contributed by atoms with Gasteiger partial charge in [0.2, 0.25) is 0 Å². The van der Waals surface area contributed by atoms with E-state index in [1.807, 2.05) is 31.2 Å². The van der Waals surface area contributed by atoms with Crippen molar-refractivity contribution in [3.8, 4) is 5.75 Å². The van der Waals surface area contributed by atoms with Gasteiger partial charge >= 0.3 is 0 Å². The molecule has 0 aliphatic rings. The number of aryl methyl sites for hydroxylation is 1. The van der Waals surface area contributed by atoms with Gasteiger partial charge in [0.1, 0.15) is 11.6 Å². The first kappa shape index (κ1) is 15.4. The molecule has 0 radical (unpaired) electrons. The summed E-state index contributed by atoms with van der Waals surface area (Å²) in [4.78, 5) is 4.29. The van der Waals surface area contributed by atoms with Gasteiger partial charge in [0.05, 0.1) is 12.8 Å². The molecule has 0 aliphatic carbocycles. The number of nitrogens with zero attached hydrogens (tertiary/aromatic N) is 1. The van der Waals surface area contributed by atoms with Crippen LogP contribution in [0.5, 0.6) is 5.75 Å². The fourth-order valence-corrected chi connectivity index (χ4v) is 2.10. The number of pyridine rings is 1. The summed E-state index contributed by atoms with van der Waals surface area (Å²) in [6, 6.07) is 7.68. The molecule has 1 aromatic heterocycles. The monoisotopic (exact) mass is 305 g/mol. The third-order valence-corrected chi connectivity index (χ3v) is 3.48. The Labute approximate surface area is 130 Å². The maximum atomic E-state index is 6.12. The summed E-state index contributed by atoms with van der Waals surface area (Å²) in [5, 5.41) is 7.30. The number of rotatable bonds is 6. The molecule has 2 aromatic rings. The fraction of sp³-hybridized carbons (Fsp3) is 0.312. The first-order chi connectivity index (χ1) is 10.1. The molecule has 2 N–H and O–H groups in total. The molecule has 1 heterocycles. The summed E-state index contributed by atoms with van der Waals surface area (Å²) in [6.07, 6.45) is 2.83. The number of ether oxygens (including phenoxy) is 1. The number of aromatic nitrogens is 1. The lowest BCUT2D eigenvalue weighted by atomic mass is 10.2. The Bertz CT molecular complexity index is 616. The van der Waals surface area contributed by atoms with E-state index in [1.54, 1.807) is 13.3 Å². The van der Waals surface area contributed by atoms with Gasteiger partial charge in [-0.05, 0) is 31.0 Å². The highest BCUT2D eigenvalue weighted by molar-refractivity contribution is 6.31. The van der Waals surface area contributed by atoms with E-state index in [0.29, 0.717) is 10.8 Å². The zero-order valence-corrected chi connectivity index (χ0v) is 13.3. The van der Waals surface area contributed by atoms with E-state index in [9.17, 15) is 0 Å². The van der Waals surface area contributed by atoms with E-state index < -0.39 is 0 Å². The van der Waals surface area contributed by atoms with Crippen molar-refractivity contribution >= 4 is 28.8 Å². The Balaban J connectivity index is 2.23. The molecule has 0 saturated heterocycles. The lowest BCUT2D eigenvalue weighted by molar-refractivity contribution is 0.417. The topological polar surface area (TPSA) is 46.2 Å². The second-order valence-electron chi connectivity index (χ2n) is 4.78. The summed E-state index contributed by atoms with van der Waals surface area (Å²) in [5.41, 5.74) is 2.83. The van der Waals surface area contributed by atoms with Crippen molar-refractivity contribution in [2.45, 2.75) is 20.3 Å². The molecular weight excluding hydrogens is 286 g/mol. The molecule has 0 unspecified atom stereocenters. The molecule has 0 bridgehead atoms. The zero-order valence-electron chi connectivity index (χ0n) is 12.5. The fourth-order valence-electron chi connectivity index (χ4n) is 1.94. The minimum absolute atomic E-state index is 0.692. The Morgan fingerprint density at radius 2 is 2.10 bits per heavy atom. The second kappa shape index (κ2) is 7.18. The number of nitrogens with one attached hydrogen (secondary N) is 2. The molecule has 0 saturated carbocycles. The maximum absolute atomic E-state index is 6.12. The molecular formula is C16H20ClN3O. The van der Waals surface area contributed by atoms with Gasteiger partial charge < -0.3 is 15.4 Å². The van der Waals surface area contributed by atoms with Crippen molar-refractivity contribution in [1.82, 2.24) is 4.98 Å². The summed E-state index contributed by atoms with van der Waals surface area (Å²) in [5.74, 6) is 1.57. The predicted octanol–water partition coefficient (Wildman–Crippen LogP) is 4.62. The van der Waals surface area contributed by atoms with E-state index in [1.165, 1.54) is 0 Å². The van der Waals surface area contributed by atoms with Gasteiger partial charge in [0.25, 0.3) is 0 Å². The minimum atomic E-state index is 0.692. The van der Waals surface area contributed by atoms with Gasteiger partial charge in [-0.3, -0.25) is 0 Å². The smallest absolute Gasteiger partial charge is 0.143 e. The highest BCUT2D eigenvalue weighted by atomic mass is 35.5. The van der Waals surface area contributed by atoms with Gasteiger partial charge in [0.15, 0.2) is 0 Å². The van der Waals surface area contributed by atoms with Crippen LogP contribution in [0.3, 0.4) is 0 Å². The summed E-state index contributed by atoms with van der Waals surface area (Å²) >= 11 is 6.12. The molecule has 5 heteroatoms. The molecule has 112 valence electrons. The molecule has 21 heavy (non-hydrogen) atoms. The molecule has 2 rings (SSSR count). The predicted molar refractivity (Wildman–Crippen MR) is 89.0 cm³/mol. The third kappa shape index (κ3) is 4.02. The quantitative estimate of drug-likeness (QED) is 0.817. The van der Waals surface area contributed by atoms with Crippen LogP contribution in [0.25, 0.3) is 0 Å². The van der Waals surface area contributed by atoms with Gasteiger partial charge in [-0.15, -0.1) is 0 Å². The van der Waals surface area contributed by atoms with Gasteiger partial charge in [-0.2, -0.15) is 0 Å². The van der Waals surface area contributed by atoms with Crippen molar-refractivity contribution in [2.75, 3.05) is 24.3 Å². The molecule has 4 nitrogen and oxygen atoms in total. The van der Waals surface area contributed by atoms with Crippen LogP contribution in [-0.2, 0) is 0 Å². The SMILES string of the molecule is CCCNc1cc(Nc2cc(C)c(Cl)cc2OC)ccn1. The number of anilines is 3. The van der Waals surface area contributed by atoms with Crippen molar-refractivity contribution in [3.63, 3.8) is 0 Å². The lowest BCUT2D eigenvalue weighted by Crippen LogP contribution is -2.02. The van der Waals surface area contributed by atoms with E-state index in [2.05, 4.69) is 22.5 Å². The van der Waals surface area contributed by atoms with Gasteiger partial charge in [0, 0.05) is 35.6 Å². The molecule has 0 fully saturated rings. The molecule has 0 aliphatic heterocycles. The number of hydrogen-bond acceptors (Lipinski definition) is 4. The van der Waals surface area contributed by atoms with Crippen molar-refractivity contribution in [1.29, 1.82) is 0 Å². The summed E-state index contributed by atoms with van der Waals surface area (Å²) < 4.78 is 5.37. The zero-order chi connectivity index (χ0) is 15.2. The van der Waals surface area contributed by atoms with Crippen molar-refractivity contribution in [3.05, 3.63) is 41.0 Å². The van der Waals surface area contributed by atoms with E-state index >= 15 is 0 Å². The van der Waals surface area contributed by atoms with Crippen LogP contribution < -0.4 is 15.4 Å². The van der Waals surface area contributed by atoms with Crippen LogP contribution in [0.15, 0.2) is 30.5 Å². The third-order valence-electron chi connectivity index (χ3n) is 3.08. The highest BCUT2D eigenvalue weighted by Gasteiger charge is 2.07. The number of methoxy groups -OCH3 is 1. The van der Waals surface area contributed by atoms with Crippen LogP contribution in [0.4, 0.5) is 17.2 Å². The lowest BCUT2D eigenvalue weighted by Gasteiger charge is -2.14. The second-order valence-corrected chi connectivity index (χ2v) is 5.19. The van der Waals surface area contributed by atoms with Crippen LogP contribution in [-0.4, -0.2) is 18.6 Å². The van der Waals surface area contributed by atoms with Crippen LogP contribution in [0.1, 0.15) is 18.9 Å². The number of halogens is 1. The van der Waals surface area contributed by atoms with E-state index in [-0.39, 0.29) is 0 Å². The van der Waals surface area contributed by atoms with E-state index in [0.717, 1.165) is 35.7 Å². The molecule has 0 amide bonds. The average Bonchev–Trinajstić information content (AvgIpc) is 2.49. The first-order valence-corrected chi connectivity index (χ1v) is 7.33. The molecule has 1 aromatic carbocycles. The first-order valence-electron chi connectivity index (χ1n) is 6.95. The number of benzene rings is 1. The van der Waals surface area contributed by atoms with Crippen LogP contribution in [0, 0.1) is 6.92 Å². The molecule has 0 atom stereocenters. The largest absolute Gasteiger partial charge is 0.495 e.